The van der Waals surface area contributed by atoms with Crippen LogP contribution in [-0.4, -0.2) is 14.1 Å². The Morgan fingerprint density at radius 3 is 2.27 bits per heavy atom. The molecule has 1 rings (SSSR count). The summed E-state index contributed by atoms with van der Waals surface area (Å²) in [7, 11) is 3.30. The maximum absolute atomic E-state index is 12.4. The Morgan fingerprint density at radius 2 is 1.87 bits per heavy atom. The van der Waals surface area contributed by atoms with Crippen LogP contribution in [0.15, 0.2) is 18.2 Å². The van der Waals surface area contributed by atoms with Gasteiger partial charge in [-0.05, 0) is 18.2 Å². The summed E-state index contributed by atoms with van der Waals surface area (Å²) in [4.78, 5) is 1.56. The third kappa shape index (κ3) is 2.44. The number of alkyl halides is 3. The van der Waals surface area contributed by atoms with Crippen molar-refractivity contribution in [3.05, 3.63) is 29.3 Å². The van der Waals surface area contributed by atoms with E-state index >= 15 is 0 Å². The molecular weight excluding hydrogens is 203 g/mol. The van der Waals surface area contributed by atoms with Gasteiger partial charge in [0.25, 0.3) is 0 Å². The van der Waals surface area contributed by atoms with E-state index in [-0.39, 0.29) is 0 Å². The summed E-state index contributed by atoms with van der Waals surface area (Å²) in [6.07, 6.45) is 0.854. The SMILES string of the molecule is C#Cc1ccc(C(F)(F)F)cc1N(C)C. The molecule has 0 N–H and O–H groups in total. The van der Waals surface area contributed by atoms with Gasteiger partial charge >= 0.3 is 6.18 Å². The second-order valence-corrected chi connectivity index (χ2v) is 3.27. The molecule has 0 spiro atoms. The lowest BCUT2D eigenvalue weighted by Gasteiger charge is -2.17. The summed E-state index contributed by atoms with van der Waals surface area (Å²) >= 11 is 0. The van der Waals surface area contributed by atoms with Crippen LogP contribution in [0, 0.1) is 12.3 Å². The van der Waals surface area contributed by atoms with E-state index in [1.807, 2.05) is 0 Å². The zero-order valence-electron chi connectivity index (χ0n) is 8.39. The lowest BCUT2D eigenvalue weighted by Crippen LogP contribution is -2.13. The Kier molecular flexibility index (Phi) is 2.94. The van der Waals surface area contributed by atoms with Crippen LogP contribution in [-0.2, 0) is 6.18 Å². The third-order valence-electron chi connectivity index (χ3n) is 1.96. The first-order valence-corrected chi connectivity index (χ1v) is 4.21. The number of anilines is 1. The molecule has 0 radical (unpaired) electrons. The van der Waals surface area contributed by atoms with E-state index in [0.717, 1.165) is 12.1 Å². The van der Waals surface area contributed by atoms with Gasteiger partial charge < -0.3 is 4.90 Å². The smallest absolute Gasteiger partial charge is 0.377 e. The fourth-order valence-corrected chi connectivity index (χ4v) is 1.20. The minimum atomic E-state index is -4.34. The molecule has 0 aromatic heterocycles. The molecule has 0 aliphatic carbocycles. The van der Waals surface area contributed by atoms with Crippen molar-refractivity contribution in [1.29, 1.82) is 0 Å². The van der Waals surface area contributed by atoms with Gasteiger partial charge in [0.2, 0.25) is 0 Å². The summed E-state index contributed by atoms with van der Waals surface area (Å²) in [6, 6.07) is 3.34. The largest absolute Gasteiger partial charge is 0.416 e. The van der Waals surface area contributed by atoms with Crippen LogP contribution in [0.2, 0.25) is 0 Å². The van der Waals surface area contributed by atoms with Crippen LogP contribution in [0.25, 0.3) is 0 Å². The van der Waals surface area contributed by atoms with Crippen LogP contribution in [0.5, 0.6) is 0 Å². The van der Waals surface area contributed by atoms with E-state index in [1.54, 1.807) is 19.0 Å². The molecule has 4 heteroatoms. The maximum atomic E-state index is 12.4. The minimum absolute atomic E-state index is 0.396. The first-order valence-electron chi connectivity index (χ1n) is 4.21. The molecule has 1 aromatic rings. The van der Waals surface area contributed by atoms with Crippen molar-refractivity contribution < 1.29 is 13.2 Å². The van der Waals surface area contributed by atoms with Gasteiger partial charge in [-0.1, -0.05) is 5.92 Å². The number of terminal acetylenes is 1. The van der Waals surface area contributed by atoms with E-state index in [4.69, 9.17) is 6.42 Å². The number of rotatable bonds is 1. The number of nitrogens with zero attached hydrogens (tertiary/aromatic N) is 1. The highest BCUT2D eigenvalue weighted by atomic mass is 19.4. The molecule has 0 bridgehead atoms. The number of benzene rings is 1. The van der Waals surface area contributed by atoms with E-state index in [9.17, 15) is 13.2 Å². The van der Waals surface area contributed by atoms with Gasteiger partial charge in [-0.15, -0.1) is 6.42 Å². The van der Waals surface area contributed by atoms with Crippen molar-refractivity contribution >= 4 is 5.69 Å². The summed E-state index contributed by atoms with van der Waals surface area (Å²) < 4.78 is 37.2. The number of halogens is 3. The summed E-state index contributed by atoms with van der Waals surface area (Å²) in [5.74, 6) is 2.35. The number of hydrogen-bond acceptors (Lipinski definition) is 1. The first-order chi connectivity index (χ1) is 6.86. The molecule has 1 nitrogen and oxygen atoms in total. The van der Waals surface area contributed by atoms with E-state index in [0.29, 0.717) is 11.3 Å². The highest BCUT2D eigenvalue weighted by Gasteiger charge is 2.31. The molecule has 0 atom stereocenters. The summed E-state index contributed by atoms with van der Waals surface area (Å²) in [5, 5.41) is 0. The quantitative estimate of drug-likeness (QED) is 0.648. The predicted octanol–water partition coefficient (Wildman–Crippen LogP) is 2.75. The molecule has 0 saturated heterocycles. The van der Waals surface area contributed by atoms with Gasteiger partial charge in [-0.3, -0.25) is 0 Å². The molecule has 0 amide bonds. The van der Waals surface area contributed by atoms with Crippen molar-refractivity contribution in [2.24, 2.45) is 0 Å². The van der Waals surface area contributed by atoms with E-state index in [1.165, 1.54) is 6.07 Å². The van der Waals surface area contributed by atoms with Crippen molar-refractivity contribution in [2.45, 2.75) is 6.18 Å². The van der Waals surface area contributed by atoms with Gasteiger partial charge in [0, 0.05) is 19.7 Å². The topological polar surface area (TPSA) is 3.24 Å². The van der Waals surface area contributed by atoms with Gasteiger partial charge in [-0.25, -0.2) is 0 Å². The Bertz CT molecular complexity index is 399. The Hall–Kier alpha value is -1.63. The van der Waals surface area contributed by atoms with Crippen molar-refractivity contribution in [1.82, 2.24) is 0 Å². The first kappa shape index (κ1) is 11.4. The van der Waals surface area contributed by atoms with Crippen molar-refractivity contribution in [3.63, 3.8) is 0 Å². The molecular formula is C11H10F3N. The van der Waals surface area contributed by atoms with Gasteiger partial charge in [0.1, 0.15) is 0 Å². The molecule has 0 aliphatic heterocycles. The fraction of sp³-hybridized carbons (Fsp3) is 0.273. The second-order valence-electron chi connectivity index (χ2n) is 3.27. The molecule has 80 valence electrons. The average Bonchev–Trinajstić information content (AvgIpc) is 2.15. The van der Waals surface area contributed by atoms with Crippen molar-refractivity contribution in [2.75, 3.05) is 19.0 Å². The standard InChI is InChI=1S/C11H10F3N/c1-4-8-5-6-9(11(12,13)14)7-10(8)15(2)3/h1,5-7H,2-3H3. The highest BCUT2D eigenvalue weighted by Crippen LogP contribution is 2.32. The van der Waals surface area contributed by atoms with Gasteiger partial charge in [0.15, 0.2) is 0 Å². The highest BCUT2D eigenvalue weighted by molar-refractivity contribution is 5.61. The number of hydrogen-bond donors (Lipinski definition) is 0. The predicted molar refractivity (Wildman–Crippen MR) is 53.7 cm³/mol. The van der Waals surface area contributed by atoms with Crippen LogP contribution < -0.4 is 4.90 Å². The van der Waals surface area contributed by atoms with Crippen LogP contribution in [0.4, 0.5) is 18.9 Å². The zero-order valence-corrected chi connectivity index (χ0v) is 8.39. The monoisotopic (exact) mass is 213 g/mol. The Balaban J connectivity index is 3.30. The Morgan fingerprint density at radius 1 is 1.27 bits per heavy atom. The van der Waals surface area contributed by atoms with Gasteiger partial charge in [0.05, 0.1) is 11.3 Å². The zero-order chi connectivity index (χ0) is 11.6. The molecule has 15 heavy (non-hydrogen) atoms. The van der Waals surface area contributed by atoms with Crippen LogP contribution >= 0.6 is 0 Å². The van der Waals surface area contributed by atoms with Crippen LogP contribution in [0.3, 0.4) is 0 Å². The molecule has 0 aliphatic rings. The second kappa shape index (κ2) is 3.85. The Labute approximate surface area is 86.5 Å². The van der Waals surface area contributed by atoms with E-state index in [2.05, 4.69) is 5.92 Å². The normalized spacial score (nSPS) is 10.9. The average molecular weight is 213 g/mol. The van der Waals surface area contributed by atoms with Gasteiger partial charge in [-0.2, -0.15) is 13.2 Å². The summed E-state index contributed by atoms with van der Waals surface area (Å²) in [5.41, 5.74) is 0.158. The summed E-state index contributed by atoms with van der Waals surface area (Å²) in [6.45, 7) is 0. The maximum Gasteiger partial charge on any atom is 0.416 e. The molecule has 0 unspecified atom stereocenters. The van der Waals surface area contributed by atoms with E-state index < -0.39 is 11.7 Å². The molecule has 0 fully saturated rings. The van der Waals surface area contributed by atoms with Crippen LogP contribution in [0.1, 0.15) is 11.1 Å². The third-order valence-corrected chi connectivity index (χ3v) is 1.96. The fourth-order valence-electron chi connectivity index (χ4n) is 1.20. The lowest BCUT2D eigenvalue weighted by atomic mass is 10.1. The minimum Gasteiger partial charge on any atom is -0.377 e. The molecule has 1 aromatic carbocycles. The molecule has 0 saturated carbocycles. The molecule has 0 heterocycles. The van der Waals surface area contributed by atoms with Crippen molar-refractivity contribution in [3.8, 4) is 12.3 Å². The lowest BCUT2D eigenvalue weighted by molar-refractivity contribution is -0.137.